The molecule has 0 aliphatic heterocycles. The molecule has 0 radical (unpaired) electrons. The third-order valence-corrected chi connectivity index (χ3v) is 3.02. The molecule has 20 heavy (non-hydrogen) atoms. The monoisotopic (exact) mass is 267 g/mol. The molecule has 2 aromatic carbocycles. The van der Waals surface area contributed by atoms with Crippen molar-refractivity contribution < 1.29 is 8.78 Å². The summed E-state index contributed by atoms with van der Waals surface area (Å²) in [7, 11) is 0. The molecule has 98 valence electrons. The summed E-state index contributed by atoms with van der Waals surface area (Å²) in [6, 6.07) is 13.2. The lowest BCUT2D eigenvalue weighted by Crippen LogP contribution is -1.84. The summed E-state index contributed by atoms with van der Waals surface area (Å²) in [6.07, 6.45) is 5.13. The third-order valence-electron chi connectivity index (χ3n) is 3.02. The Morgan fingerprint density at radius 2 is 1.60 bits per heavy atom. The van der Waals surface area contributed by atoms with Crippen molar-refractivity contribution in [2.24, 2.45) is 0 Å². The van der Waals surface area contributed by atoms with Crippen LogP contribution >= 0.6 is 0 Å². The van der Waals surface area contributed by atoms with E-state index < -0.39 is 11.6 Å². The number of benzene rings is 2. The molecule has 1 nitrogen and oxygen atoms in total. The number of hydrogen-bond donors (Lipinski definition) is 0. The van der Waals surface area contributed by atoms with Crippen LogP contribution in [0.1, 0.15) is 11.3 Å². The Bertz CT molecular complexity index is 768. The van der Waals surface area contributed by atoms with Crippen molar-refractivity contribution in [2.75, 3.05) is 0 Å². The van der Waals surface area contributed by atoms with E-state index in [1.54, 1.807) is 18.3 Å². The van der Waals surface area contributed by atoms with E-state index in [1.807, 2.05) is 30.3 Å². The van der Waals surface area contributed by atoms with Gasteiger partial charge in [-0.1, -0.05) is 30.3 Å². The molecule has 3 rings (SSSR count). The van der Waals surface area contributed by atoms with Gasteiger partial charge in [0.1, 0.15) is 11.6 Å². The van der Waals surface area contributed by atoms with Gasteiger partial charge in [0.2, 0.25) is 0 Å². The van der Waals surface area contributed by atoms with Crippen molar-refractivity contribution in [3.05, 3.63) is 77.6 Å². The fourth-order valence-electron chi connectivity index (χ4n) is 2.12. The molecule has 0 saturated heterocycles. The van der Waals surface area contributed by atoms with Gasteiger partial charge in [0.15, 0.2) is 0 Å². The molecule has 0 aliphatic carbocycles. The molecule has 3 heteroatoms. The van der Waals surface area contributed by atoms with E-state index in [0.717, 1.165) is 22.5 Å². The Morgan fingerprint density at radius 1 is 0.850 bits per heavy atom. The molecule has 1 aromatic heterocycles. The minimum absolute atomic E-state index is 0.470. The van der Waals surface area contributed by atoms with Crippen LogP contribution in [0.4, 0.5) is 8.78 Å². The minimum atomic E-state index is -0.587. The van der Waals surface area contributed by atoms with Gasteiger partial charge < -0.3 is 0 Å². The van der Waals surface area contributed by atoms with Crippen LogP contribution in [0.25, 0.3) is 22.9 Å². The maximum atomic E-state index is 13.1. The zero-order chi connectivity index (χ0) is 13.9. The standard InChI is InChI=1S/C17H11F2N/c18-14-9-12(10-15(19)11-14)5-6-17-16-4-2-1-3-13(16)7-8-20-17/h1-11H. The molecule has 0 N–H and O–H groups in total. The minimum Gasteiger partial charge on any atom is -0.256 e. The maximum absolute atomic E-state index is 13.1. The Hall–Kier alpha value is -2.55. The van der Waals surface area contributed by atoms with E-state index in [9.17, 15) is 8.78 Å². The lowest BCUT2D eigenvalue weighted by molar-refractivity contribution is 0.583. The second-order valence-corrected chi connectivity index (χ2v) is 4.45. The van der Waals surface area contributed by atoms with Gasteiger partial charge in [0.05, 0.1) is 5.69 Å². The van der Waals surface area contributed by atoms with Gasteiger partial charge in [-0.15, -0.1) is 0 Å². The van der Waals surface area contributed by atoms with Crippen LogP contribution in [-0.4, -0.2) is 4.98 Å². The molecule has 0 spiro atoms. The molecular formula is C17H11F2N. The van der Waals surface area contributed by atoms with Crippen molar-refractivity contribution in [1.29, 1.82) is 0 Å². The predicted molar refractivity (Wildman–Crippen MR) is 77.0 cm³/mol. The molecule has 0 amide bonds. The second kappa shape index (κ2) is 5.21. The summed E-state index contributed by atoms with van der Waals surface area (Å²) in [5.41, 5.74) is 1.24. The summed E-state index contributed by atoms with van der Waals surface area (Å²) in [6.45, 7) is 0. The highest BCUT2D eigenvalue weighted by molar-refractivity contribution is 5.90. The van der Waals surface area contributed by atoms with Gasteiger partial charge in [0, 0.05) is 17.6 Å². The summed E-state index contributed by atoms with van der Waals surface area (Å²) in [5.74, 6) is -1.17. The Labute approximate surface area is 115 Å². The molecule has 0 atom stereocenters. The van der Waals surface area contributed by atoms with Gasteiger partial charge in [-0.3, -0.25) is 4.98 Å². The zero-order valence-electron chi connectivity index (χ0n) is 10.6. The van der Waals surface area contributed by atoms with E-state index in [4.69, 9.17) is 0 Å². The number of aromatic nitrogens is 1. The van der Waals surface area contributed by atoms with Gasteiger partial charge in [-0.2, -0.15) is 0 Å². The van der Waals surface area contributed by atoms with Gasteiger partial charge in [0.25, 0.3) is 0 Å². The highest BCUT2D eigenvalue weighted by Gasteiger charge is 2.00. The van der Waals surface area contributed by atoms with E-state index in [-0.39, 0.29) is 0 Å². The molecular weight excluding hydrogens is 256 g/mol. The molecule has 0 saturated carbocycles. The quantitative estimate of drug-likeness (QED) is 0.656. The van der Waals surface area contributed by atoms with E-state index in [1.165, 1.54) is 12.1 Å². The Morgan fingerprint density at radius 3 is 2.40 bits per heavy atom. The zero-order valence-corrected chi connectivity index (χ0v) is 10.6. The normalized spacial score (nSPS) is 11.3. The van der Waals surface area contributed by atoms with E-state index in [0.29, 0.717) is 5.56 Å². The van der Waals surface area contributed by atoms with Crippen molar-refractivity contribution in [1.82, 2.24) is 4.98 Å². The van der Waals surface area contributed by atoms with Crippen molar-refractivity contribution >= 4 is 22.9 Å². The predicted octanol–water partition coefficient (Wildman–Crippen LogP) is 4.68. The maximum Gasteiger partial charge on any atom is 0.126 e. The highest BCUT2D eigenvalue weighted by atomic mass is 19.1. The topological polar surface area (TPSA) is 12.9 Å². The van der Waals surface area contributed by atoms with Gasteiger partial charge >= 0.3 is 0 Å². The van der Waals surface area contributed by atoms with Crippen LogP contribution in [0.5, 0.6) is 0 Å². The fourth-order valence-corrected chi connectivity index (χ4v) is 2.12. The first-order valence-corrected chi connectivity index (χ1v) is 6.20. The van der Waals surface area contributed by atoms with Crippen LogP contribution in [-0.2, 0) is 0 Å². The summed E-state index contributed by atoms with van der Waals surface area (Å²) in [4.78, 5) is 4.29. The Kier molecular flexibility index (Phi) is 3.25. The molecule has 1 heterocycles. The molecule has 0 unspecified atom stereocenters. The van der Waals surface area contributed by atoms with Crippen molar-refractivity contribution in [2.45, 2.75) is 0 Å². The summed E-state index contributed by atoms with van der Waals surface area (Å²) in [5, 5.41) is 2.08. The van der Waals surface area contributed by atoms with Crippen LogP contribution < -0.4 is 0 Å². The van der Waals surface area contributed by atoms with Crippen LogP contribution in [0.2, 0.25) is 0 Å². The summed E-state index contributed by atoms with van der Waals surface area (Å²) < 4.78 is 26.2. The van der Waals surface area contributed by atoms with Crippen LogP contribution in [0, 0.1) is 11.6 Å². The fraction of sp³-hybridized carbons (Fsp3) is 0. The number of fused-ring (bicyclic) bond motifs is 1. The first-order chi connectivity index (χ1) is 9.72. The molecule has 0 fully saturated rings. The average molecular weight is 267 g/mol. The number of nitrogens with zero attached hydrogens (tertiary/aromatic N) is 1. The largest absolute Gasteiger partial charge is 0.256 e. The van der Waals surface area contributed by atoms with Gasteiger partial charge in [-0.25, -0.2) is 8.78 Å². The first-order valence-electron chi connectivity index (χ1n) is 6.20. The number of halogens is 2. The highest BCUT2D eigenvalue weighted by Crippen LogP contribution is 2.19. The van der Waals surface area contributed by atoms with Gasteiger partial charge in [-0.05, 0) is 35.2 Å². The molecule has 0 aliphatic rings. The Balaban J connectivity index is 2.02. The summed E-state index contributed by atoms with van der Waals surface area (Å²) >= 11 is 0. The molecule has 3 aromatic rings. The third kappa shape index (κ3) is 2.57. The van der Waals surface area contributed by atoms with Crippen LogP contribution in [0.15, 0.2) is 54.7 Å². The SMILES string of the molecule is Fc1cc(F)cc(C=Cc2nccc3ccccc23)c1. The van der Waals surface area contributed by atoms with Crippen LogP contribution in [0.3, 0.4) is 0 Å². The lowest BCUT2D eigenvalue weighted by atomic mass is 10.1. The van der Waals surface area contributed by atoms with Crippen molar-refractivity contribution in [3.63, 3.8) is 0 Å². The van der Waals surface area contributed by atoms with E-state index >= 15 is 0 Å². The number of hydrogen-bond acceptors (Lipinski definition) is 1. The van der Waals surface area contributed by atoms with E-state index in [2.05, 4.69) is 4.98 Å². The molecule has 0 bridgehead atoms. The second-order valence-electron chi connectivity index (χ2n) is 4.45. The number of rotatable bonds is 2. The smallest absolute Gasteiger partial charge is 0.126 e. The number of pyridine rings is 1. The van der Waals surface area contributed by atoms with Crippen molar-refractivity contribution in [3.8, 4) is 0 Å². The average Bonchev–Trinajstić information content (AvgIpc) is 2.44. The lowest BCUT2D eigenvalue weighted by Gasteiger charge is -2.01. The first kappa shape index (κ1) is 12.5.